The largest absolute Gasteiger partial charge is 0.449 e. The molecule has 0 fully saturated rings. The Morgan fingerprint density at radius 1 is 0.500 bits per heavy atom. The number of rotatable bonds is 0. The molecule has 0 atom stereocenters. The summed E-state index contributed by atoms with van der Waals surface area (Å²) in [5.41, 5.74) is 9.80. The molecule has 0 spiro atoms. The predicted octanol–water partition coefficient (Wildman–Crippen LogP) is 10.0. The van der Waals surface area contributed by atoms with Gasteiger partial charge in [-0.1, -0.05) is 74.5 Å². The van der Waals surface area contributed by atoms with Gasteiger partial charge >= 0.3 is 0 Å². The summed E-state index contributed by atoms with van der Waals surface area (Å²) in [4.78, 5) is 19.9. The molecule has 22 nitrogen and oxygen atoms in total. The average Bonchev–Trinajstić information content (AvgIpc) is 4.20. The summed E-state index contributed by atoms with van der Waals surface area (Å²) in [7, 11) is 5.47. The van der Waals surface area contributed by atoms with Crippen LogP contribution in [0.25, 0.3) is 0 Å². The highest BCUT2D eigenvalue weighted by Crippen LogP contribution is 2.08. The molecule has 0 saturated heterocycles. The summed E-state index contributed by atoms with van der Waals surface area (Å²) < 4.78 is 8.21. The molecular formula is C44H83N21OS2. The van der Waals surface area contributed by atoms with E-state index >= 15 is 0 Å². The van der Waals surface area contributed by atoms with Crippen molar-refractivity contribution in [3.05, 3.63) is 123 Å². The monoisotopic (exact) mass is 986 g/mol. The van der Waals surface area contributed by atoms with E-state index in [9.17, 15) is 0 Å². The van der Waals surface area contributed by atoms with Gasteiger partial charge < -0.3 is 4.42 Å². The van der Waals surface area contributed by atoms with Crippen molar-refractivity contribution in [3.63, 3.8) is 0 Å². The van der Waals surface area contributed by atoms with Crippen LogP contribution in [0.1, 0.15) is 125 Å². The number of oxazole rings is 1. The number of thiazole rings is 2. The molecule has 9 rings (SSSR count). The molecular weight excluding hydrogens is 903 g/mol. The molecule has 9 heterocycles. The first-order valence-electron chi connectivity index (χ1n) is 22.2. The number of aromatic amines is 3. The van der Waals surface area contributed by atoms with Gasteiger partial charge in [0.05, 0.1) is 82.4 Å². The Morgan fingerprint density at radius 2 is 0.912 bits per heavy atom. The van der Waals surface area contributed by atoms with Gasteiger partial charge in [-0.15, -0.1) is 27.8 Å². The van der Waals surface area contributed by atoms with Crippen molar-refractivity contribution in [3.8, 4) is 0 Å². The van der Waals surface area contributed by atoms with E-state index in [4.69, 9.17) is 4.42 Å². The van der Waals surface area contributed by atoms with Crippen LogP contribution in [0.15, 0.2) is 71.5 Å². The maximum atomic E-state index is 4.85. The summed E-state index contributed by atoms with van der Waals surface area (Å²) in [6, 6.07) is 0. The van der Waals surface area contributed by atoms with Crippen LogP contribution in [0.5, 0.6) is 0 Å². The van der Waals surface area contributed by atoms with Crippen LogP contribution in [-0.4, -0.2) is 106 Å². The normalized spacial score (nSPS) is 8.22. The van der Waals surface area contributed by atoms with E-state index in [1.54, 1.807) is 82.5 Å². The molecule has 3 N–H and O–H groups in total. The molecule has 24 heteroatoms. The molecule has 382 valence electrons. The van der Waals surface area contributed by atoms with Gasteiger partial charge in [0.15, 0.2) is 6.39 Å². The highest BCUT2D eigenvalue weighted by Gasteiger charge is 1.91. The Bertz CT molecular complexity index is 1780. The third-order valence-electron chi connectivity index (χ3n) is 6.58. The average molecular weight is 986 g/mol. The summed E-state index contributed by atoms with van der Waals surface area (Å²) in [6.45, 7) is 39.5. The van der Waals surface area contributed by atoms with E-state index in [0.29, 0.717) is 0 Å². The summed E-state index contributed by atoms with van der Waals surface area (Å²) in [5.74, 6) is 1.85. The standard InChI is InChI=1S/C5H7NO.2C5H7NS.C4H7N3.5C3H5N3.5C2H6/c3*1-4-5(2)7-3-6-4;1-4-5-3-6-7(4)2;1-6-3-2-4-5-6;1-6-4-2-3-5-6;3*1-3-2-4-6-5-3;5*1-2/h4*3H,1-2H3;2*2-3H,1H3;3*2H,1H3,(H,4,5,6);5*1-2H3. The zero-order chi connectivity index (χ0) is 53.1. The van der Waals surface area contributed by atoms with Crippen LogP contribution in [-0.2, 0) is 21.1 Å². The first kappa shape index (κ1) is 70.3. The van der Waals surface area contributed by atoms with Crippen molar-refractivity contribution >= 4 is 22.7 Å². The second-order valence-corrected chi connectivity index (χ2v) is 13.5. The Hall–Kier alpha value is -6.69. The smallest absolute Gasteiger partial charge is 0.181 e. The fourth-order valence-electron chi connectivity index (χ4n) is 2.76. The Morgan fingerprint density at radius 3 is 1.00 bits per heavy atom. The van der Waals surface area contributed by atoms with Crippen molar-refractivity contribution < 1.29 is 4.42 Å². The van der Waals surface area contributed by atoms with Crippen molar-refractivity contribution in [2.75, 3.05) is 0 Å². The topological polar surface area (TPSA) is 269 Å². The number of hydrogen-bond donors (Lipinski definition) is 3. The van der Waals surface area contributed by atoms with E-state index < -0.39 is 0 Å². The van der Waals surface area contributed by atoms with E-state index in [-0.39, 0.29) is 0 Å². The Balaban J connectivity index is -0.000000214. The van der Waals surface area contributed by atoms with Crippen LogP contribution in [0.2, 0.25) is 0 Å². The number of aryl methyl sites for hydroxylation is 13. The number of aromatic nitrogens is 21. The number of nitrogens with one attached hydrogen (secondary N) is 3. The van der Waals surface area contributed by atoms with Gasteiger partial charge in [-0.05, 0) is 69.2 Å². The molecule has 0 saturated carbocycles. The van der Waals surface area contributed by atoms with Crippen LogP contribution >= 0.6 is 22.7 Å². The number of hydrogen-bond acceptors (Lipinski definition) is 18. The van der Waals surface area contributed by atoms with Gasteiger partial charge in [0.25, 0.3) is 0 Å². The second kappa shape index (κ2) is 51.3. The van der Waals surface area contributed by atoms with Crippen molar-refractivity contribution in [2.24, 2.45) is 21.1 Å². The fourth-order valence-corrected chi connectivity index (χ4v) is 3.95. The van der Waals surface area contributed by atoms with Crippen LogP contribution < -0.4 is 0 Å². The zero-order valence-corrected chi connectivity index (χ0v) is 46.8. The third kappa shape index (κ3) is 43.2. The molecule has 9 aromatic heterocycles. The van der Waals surface area contributed by atoms with E-state index in [1.165, 1.54) is 27.3 Å². The van der Waals surface area contributed by atoms with Crippen LogP contribution in [0.3, 0.4) is 0 Å². The molecule has 0 aliphatic carbocycles. The molecule has 0 aliphatic heterocycles. The molecule has 0 bridgehead atoms. The van der Waals surface area contributed by atoms with Gasteiger partial charge in [0.1, 0.15) is 17.9 Å². The summed E-state index contributed by atoms with van der Waals surface area (Å²) in [6.07, 6.45) is 14.7. The lowest BCUT2D eigenvalue weighted by Crippen LogP contribution is -1.91. The summed E-state index contributed by atoms with van der Waals surface area (Å²) >= 11 is 3.39. The molecule has 68 heavy (non-hydrogen) atoms. The van der Waals surface area contributed by atoms with E-state index in [0.717, 1.165) is 45.7 Å². The highest BCUT2D eigenvalue weighted by molar-refractivity contribution is 7.09. The molecule has 0 aromatic carbocycles. The van der Waals surface area contributed by atoms with Crippen molar-refractivity contribution in [1.29, 1.82) is 0 Å². The highest BCUT2D eigenvalue weighted by atomic mass is 32.1. The van der Waals surface area contributed by atoms with Crippen molar-refractivity contribution in [2.45, 2.75) is 138 Å². The lowest BCUT2D eigenvalue weighted by molar-refractivity contribution is 0.525. The summed E-state index contributed by atoms with van der Waals surface area (Å²) in [5, 5.41) is 47.5. The fraction of sp³-hybridized carbons (Fsp3) is 0.523. The maximum Gasteiger partial charge on any atom is 0.181 e. The molecule has 0 aliphatic rings. The lowest BCUT2D eigenvalue weighted by atomic mass is 10.4. The van der Waals surface area contributed by atoms with E-state index in [2.05, 4.69) is 106 Å². The molecule has 9 aromatic rings. The van der Waals surface area contributed by atoms with Crippen LogP contribution in [0.4, 0.5) is 0 Å². The second-order valence-electron chi connectivity index (χ2n) is 11.3. The lowest BCUT2D eigenvalue weighted by Gasteiger charge is -1.84. The SMILES string of the molecule is CC.CC.CC.CC.CC.Cc1cn[nH]n1.Cc1cn[nH]n1.Cc1cn[nH]n1.Cc1ncnn1C.Cc1ncoc1C.Cc1ncsc1C.Cc1ncsc1C.Cn1ccnn1.Cn1nccn1. The molecule has 0 radical (unpaired) electrons. The number of nitrogens with zero attached hydrogens (tertiary/aromatic N) is 18. The van der Waals surface area contributed by atoms with Gasteiger partial charge in [0.2, 0.25) is 0 Å². The Labute approximate surface area is 413 Å². The third-order valence-corrected chi connectivity index (χ3v) is 8.30. The van der Waals surface area contributed by atoms with Gasteiger partial charge in [-0.3, -0.25) is 9.36 Å². The molecule has 0 amide bonds. The maximum absolute atomic E-state index is 4.85. The zero-order valence-electron chi connectivity index (χ0n) is 45.1. The minimum Gasteiger partial charge on any atom is -0.449 e. The minimum absolute atomic E-state index is 0.903. The predicted molar refractivity (Wildman–Crippen MR) is 277 cm³/mol. The first-order chi connectivity index (χ1) is 32.7. The number of H-pyrrole nitrogens is 3. The van der Waals surface area contributed by atoms with Crippen molar-refractivity contribution in [1.82, 2.24) is 106 Å². The molecule has 0 unspecified atom stereocenters. The Kier molecular flexibility index (Phi) is 53.1. The van der Waals surface area contributed by atoms with Crippen LogP contribution in [0, 0.1) is 69.2 Å². The van der Waals surface area contributed by atoms with Gasteiger partial charge in [0, 0.05) is 37.1 Å². The quantitative estimate of drug-likeness (QED) is 0.127. The van der Waals surface area contributed by atoms with E-state index in [1.807, 2.05) is 150 Å². The minimum atomic E-state index is 0.903. The first-order valence-corrected chi connectivity index (χ1v) is 23.9. The van der Waals surface area contributed by atoms with Gasteiger partial charge in [-0.25, -0.2) is 19.9 Å². The van der Waals surface area contributed by atoms with Gasteiger partial charge in [-0.2, -0.15) is 66.3 Å².